The van der Waals surface area contributed by atoms with Crippen LogP contribution in [0.1, 0.15) is 102 Å². The molecule has 0 aliphatic heterocycles. The summed E-state index contributed by atoms with van der Waals surface area (Å²) in [5, 5.41) is 13.5. The summed E-state index contributed by atoms with van der Waals surface area (Å²) in [5.41, 5.74) is 3.16. The summed E-state index contributed by atoms with van der Waals surface area (Å²) in [4.78, 5) is 55.6. The maximum absolute atomic E-state index is 13.3. The first-order valence-electron chi connectivity index (χ1n) is 22.0. The van der Waals surface area contributed by atoms with Crippen molar-refractivity contribution in [3.05, 3.63) is 150 Å². The van der Waals surface area contributed by atoms with E-state index in [1.54, 1.807) is 13.0 Å². The van der Waals surface area contributed by atoms with Gasteiger partial charge in [0, 0.05) is 66.9 Å². The van der Waals surface area contributed by atoms with Crippen molar-refractivity contribution < 1.29 is 28.3 Å². The number of hydrogen-bond acceptors (Lipinski definition) is 7. The molecule has 14 nitrogen and oxygen atoms in total. The average Bonchev–Trinajstić information content (AvgIpc) is 3.29. The van der Waals surface area contributed by atoms with Crippen molar-refractivity contribution in [2.75, 3.05) is 33.3 Å². The Hall–Kier alpha value is -4.04. The van der Waals surface area contributed by atoms with Crippen LogP contribution in [-0.4, -0.2) is 76.9 Å². The molecular weight excluding hydrogens is 909 g/mol. The Morgan fingerprint density at radius 3 is 1.55 bits per heavy atom. The molecule has 0 radical (unpaired) electrons. The highest BCUT2D eigenvalue weighted by atomic mass is 35.5. The Kier molecular flexibility index (Phi) is 20.8. The van der Waals surface area contributed by atoms with Crippen LogP contribution in [0.25, 0.3) is 21.5 Å². The van der Waals surface area contributed by atoms with Gasteiger partial charge in [0.25, 0.3) is 11.1 Å². The van der Waals surface area contributed by atoms with Gasteiger partial charge in [-0.2, -0.15) is 10.2 Å². The quantitative estimate of drug-likeness (QED) is 0.0655. The Morgan fingerprint density at radius 2 is 1.12 bits per heavy atom. The number of nitrogens with zero attached hydrogens (tertiary/aromatic N) is 6. The average molecular weight is 972 g/mol. The molecule has 2 aromatic heterocycles. The lowest BCUT2D eigenvalue weighted by Gasteiger charge is -2.26. The molecule has 0 aliphatic rings. The molecule has 0 spiro atoms. The summed E-state index contributed by atoms with van der Waals surface area (Å²) < 4.78 is 34.3. The zero-order valence-corrected chi connectivity index (χ0v) is 41.5. The third kappa shape index (κ3) is 14.5. The van der Waals surface area contributed by atoms with Crippen molar-refractivity contribution in [3.63, 3.8) is 0 Å². The van der Waals surface area contributed by atoms with E-state index in [2.05, 4.69) is 5.10 Å². The van der Waals surface area contributed by atoms with Gasteiger partial charge in [-0.15, -0.1) is 0 Å². The Morgan fingerprint density at radius 1 is 0.662 bits per heavy atom. The number of fused-ring (bicyclic) bond motifs is 2. The highest BCUT2D eigenvalue weighted by molar-refractivity contribution is 7.50. The molecule has 0 fully saturated rings. The molecule has 0 saturated carbocycles. The predicted octanol–water partition coefficient (Wildman–Crippen LogP) is 10.5. The fourth-order valence-electron chi connectivity index (χ4n) is 7.50. The number of hydrogen-bond donors (Lipinski definition) is 3. The Balaban J connectivity index is 0.000000274. The van der Waals surface area contributed by atoms with Gasteiger partial charge >= 0.3 is 15.5 Å². The molecule has 3 atom stereocenters. The van der Waals surface area contributed by atoms with Gasteiger partial charge in [0.05, 0.1) is 34.2 Å². The number of benzene rings is 4. The van der Waals surface area contributed by atoms with Gasteiger partial charge < -0.3 is 19.2 Å². The van der Waals surface area contributed by atoms with Crippen molar-refractivity contribution in [3.8, 4) is 0 Å². The smallest absolute Gasteiger partial charge is 0.312 e. The van der Waals surface area contributed by atoms with E-state index in [0.717, 1.165) is 38.0 Å². The SMILES string of the molecule is CC.CCC(CCN(CC)P(=O)(O)OC)n1nc(Cc2cccc(Cl)c2)c2ccccc2c1=O.CCCN(CCC(C)n1nc(Cc2cccc(Cl)c2)c2ccccc2c1=O)P(=O)(O)O. The van der Waals surface area contributed by atoms with Crippen molar-refractivity contribution in [2.45, 2.75) is 92.2 Å². The van der Waals surface area contributed by atoms with Crippen LogP contribution in [0.15, 0.2) is 107 Å². The first kappa shape index (κ1) is 53.6. The van der Waals surface area contributed by atoms with Crippen molar-refractivity contribution >= 4 is 60.2 Å². The third-order valence-corrected chi connectivity index (χ3v) is 14.2. The highest BCUT2D eigenvalue weighted by Gasteiger charge is 2.28. The van der Waals surface area contributed by atoms with Gasteiger partial charge in [-0.25, -0.2) is 27.8 Å². The second kappa shape index (κ2) is 25.2. The molecule has 18 heteroatoms. The van der Waals surface area contributed by atoms with Gasteiger partial charge in [0.2, 0.25) is 0 Å². The minimum Gasteiger partial charge on any atom is -0.312 e. The first-order valence-corrected chi connectivity index (χ1v) is 25.8. The monoisotopic (exact) mass is 970 g/mol. The van der Waals surface area contributed by atoms with Crippen LogP contribution in [0.4, 0.5) is 0 Å². The molecule has 0 amide bonds. The van der Waals surface area contributed by atoms with Gasteiger partial charge in [-0.3, -0.25) is 9.59 Å². The second-order valence-corrected chi connectivity index (χ2v) is 19.6. The van der Waals surface area contributed by atoms with Gasteiger partial charge in [0.1, 0.15) is 0 Å². The fraction of sp³-hybridized carbons (Fsp3) is 0.404. The Bertz CT molecular complexity index is 2710. The molecule has 0 aliphatic carbocycles. The second-order valence-electron chi connectivity index (χ2n) is 15.3. The summed E-state index contributed by atoms with van der Waals surface area (Å²) >= 11 is 12.3. The maximum Gasteiger partial charge on any atom is 0.405 e. The van der Waals surface area contributed by atoms with Crippen molar-refractivity contribution in [1.82, 2.24) is 28.9 Å². The molecule has 4 aromatic carbocycles. The van der Waals surface area contributed by atoms with E-state index < -0.39 is 15.5 Å². The fourth-order valence-corrected chi connectivity index (χ4v) is 9.72. The van der Waals surface area contributed by atoms with Crippen LogP contribution >= 0.6 is 38.7 Å². The van der Waals surface area contributed by atoms with Crippen molar-refractivity contribution in [1.29, 1.82) is 0 Å². The number of rotatable bonds is 19. The standard InChI is InChI=1S/C23H29ClN3O4P.C22H27ClN3O4P.C2H6/c1-4-19(13-14-26(5-2)32(29,30)31-3)27-23(28)21-12-7-6-11-20(21)22(25-27)16-17-9-8-10-18(24)15-17;1-3-12-25(31(28,29)30)13-11-16(2)26-22(27)20-10-5-4-9-19(20)21(24-26)15-17-7-6-8-18(23)14-17;1-2/h6-12,15,19H,4-5,13-14,16H2,1-3H3,(H,29,30);4-10,14,16H,3,11-13,15H2,1-2H3,(H2,28,29,30);1-2H3. The molecule has 6 rings (SSSR count). The lowest BCUT2D eigenvalue weighted by molar-refractivity contribution is 0.229. The first-order chi connectivity index (χ1) is 31.0. The van der Waals surface area contributed by atoms with E-state index in [4.69, 9.17) is 32.8 Å². The van der Waals surface area contributed by atoms with Crippen LogP contribution in [0.3, 0.4) is 0 Å². The Labute approximate surface area is 391 Å². The summed E-state index contributed by atoms with van der Waals surface area (Å²) in [6.45, 7) is 12.6. The largest absolute Gasteiger partial charge is 0.405 e. The van der Waals surface area contributed by atoms with E-state index >= 15 is 0 Å². The molecule has 65 heavy (non-hydrogen) atoms. The zero-order chi connectivity index (χ0) is 47.9. The van der Waals surface area contributed by atoms with Crippen molar-refractivity contribution in [2.24, 2.45) is 0 Å². The summed E-state index contributed by atoms with van der Waals surface area (Å²) in [6, 6.07) is 29.4. The molecule has 2 heterocycles. The molecular formula is C47H62Cl2N6O8P2. The molecule has 0 saturated heterocycles. The van der Waals surface area contributed by atoms with E-state index in [9.17, 15) is 33.4 Å². The summed E-state index contributed by atoms with van der Waals surface area (Å²) in [5.74, 6) is 0. The van der Waals surface area contributed by atoms with Crippen LogP contribution in [0.2, 0.25) is 10.0 Å². The minimum atomic E-state index is -4.34. The summed E-state index contributed by atoms with van der Waals surface area (Å²) in [7, 11) is -6.96. The van der Waals surface area contributed by atoms with E-state index in [1.807, 2.05) is 126 Å². The van der Waals surface area contributed by atoms with Gasteiger partial charge in [0.15, 0.2) is 0 Å². The molecule has 352 valence electrons. The zero-order valence-electron chi connectivity index (χ0n) is 38.2. The highest BCUT2D eigenvalue weighted by Crippen LogP contribution is 2.45. The van der Waals surface area contributed by atoms with Crippen LogP contribution in [0, 0.1) is 0 Å². The third-order valence-electron chi connectivity index (χ3n) is 10.9. The lowest BCUT2D eigenvalue weighted by Crippen LogP contribution is -2.31. The maximum atomic E-state index is 13.3. The number of aromatic nitrogens is 4. The normalized spacial score (nSPS) is 13.5. The van der Waals surface area contributed by atoms with Gasteiger partial charge in [-0.1, -0.05) is 118 Å². The van der Waals surface area contributed by atoms with Gasteiger partial charge in [-0.05, 0) is 80.1 Å². The lowest BCUT2D eigenvalue weighted by atomic mass is 10.0. The van der Waals surface area contributed by atoms with Crippen LogP contribution < -0.4 is 11.1 Å². The van der Waals surface area contributed by atoms with Crippen LogP contribution in [0.5, 0.6) is 0 Å². The van der Waals surface area contributed by atoms with E-state index in [-0.39, 0.29) is 36.3 Å². The molecule has 6 aromatic rings. The minimum absolute atomic E-state index is 0.163. The van der Waals surface area contributed by atoms with Crippen LogP contribution in [-0.2, 0) is 26.5 Å². The molecule has 3 N–H and O–H groups in total. The summed E-state index contributed by atoms with van der Waals surface area (Å²) in [6.07, 6.45) is 3.19. The number of halogens is 2. The predicted molar refractivity (Wildman–Crippen MR) is 263 cm³/mol. The molecule has 0 bridgehead atoms. The van der Waals surface area contributed by atoms with E-state index in [0.29, 0.717) is 72.4 Å². The topological polar surface area (TPSA) is 180 Å². The molecule has 3 unspecified atom stereocenters. The van der Waals surface area contributed by atoms with E-state index in [1.165, 1.54) is 21.1 Å².